The van der Waals surface area contributed by atoms with Crippen LogP contribution in [0, 0.1) is 19.8 Å². The van der Waals surface area contributed by atoms with Crippen molar-refractivity contribution in [3.05, 3.63) is 101 Å². The molecule has 1 N–H and O–H groups in total. The Bertz CT molecular complexity index is 1750. The number of amides is 1. The fourth-order valence-corrected chi connectivity index (χ4v) is 6.86. The van der Waals surface area contributed by atoms with Gasteiger partial charge in [0.2, 0.25) is 11.8 Å². The van der Waals surface area contributed by atoms with Gasteiger partial charge in [-0.1, -0.05) is 62.4 Å². The zero-order valence-electron chi connectivity index (χ0n) is 23.5. The summed E-state index contributed by atoms with van der Waals surface area (Å²) >= 11 is 0. The number of fused-ring (bicyclic) bond motifs is 8. The number of aromatic nitrogens is 2. The molecule has 0 aliphatic carbocycles. The summed E-state index contributed by atoms with van der Waals surface area (Å²) in [5, 5.41) is 0. The number of anilines is 1. The normalized spacial score (nSPS) is 19.2. The van der Waals surface area contributed by atoms with Gasteiger partial charge in [0.15, 0.2) is 0 Å². The Morgan fingerprint density at radius 3 is 2.46 bits per heavy atom. The molecule has 1 aromatic heterocycles. The summed E-state index contributed by atoms with van der Waals surface area (Å²) in [7, 11) is -4.11. The van der Waals surface area contributed by atoms with Crippen LogP contribution < -0.4 is 9.46 Å². The lowest BCUT2D eigenvalue weighted by atomic mass is 9.86. The van der Waals surface area contributed by atoms with Crippen molar-refractivity contribution < 1.29 is 17.9 Å². The van der Waals surface area contributed by atoms with E-state index in [0.29, 0.717) is 24.2 Å². The first-order valence-corrected chi connectivity index (χ1v) is 15.2. The van der Waals surface area contributed by atoms with E-state index in [1.807, 2.05) is 61.2 Å². The molecular formula is C32H32N4O4S. The van der Waals surface area contributed by atoms with Gasteiger partial charge in [0.25, 0.3) is 15.9 Å². The number of nitrogens with one attached hydrogen (secondary N) is 1. The van der Waals surface area contributed by atoms with E-state index in [1.54, 1.807) is 18.2 Å². The van der Waals surface area contributed by atoms with Gasteiger partial charge in [0, 0.05) is 23.7 Å². The van der Waals surface area contributed by atoms with Crippen molar-refractivity contribution in [3.63, 3.8) is 0 Å². The summed E-state index contributed by atoms with van der Waals surface area (Å²) in [5.41, 5.74) is 5.67. The molecule has 0 fully saturated rings. The van der Waals surface area contributed by atoms with E-state index >= 15 is 0 Å². The summed E-state index contributed by atoms with van der Waals surface area (Å²) in [5.74, 6) is 0.146. The van der Waals surface area contributed by atoms with E-state index in [1.165, 1.54) is 12.1 Å². The first-order valence-electron chi connectivity index (χ1n) is 13.7. The largest absolute Gasteiger partial charge is 0.467 e. The molecule has 0 saturated carbocycles. The average Bonchev–Trinajstić information content (AvgIpc) is 2.93. The molecule has 4 aromatic rings. The van der Waals surface area contributed by atoms with Crippen molar-refractivity contribution in [2.45, 2.75) is 57.7 Å². The predicted octanol–water partition coefficient (Wildman–Crippen LogP) is 6.07. The zero-order chi connectivity index (χ0) is 28.9. The van der Waals surface area contributed by atoms with Crippen LogP contribution in [0.1, 0.15) is 59.0 Å². The Hall–Kier alpha value is -4.24. The molecule has 0 radical (unpaired) electrons. The highest BCUT2D eigenvalue weighted by Gasteiger charge is 2.40. The van der Waals surface area contributed by atoms with E-state index in [9.17, 15) is 13.2 Å². The van der Waals surface area contributed by atoms with Crippen molar-refractivity contribution in [1.82, 2.24) is 14.9 Å². The maximum absolute atomic E-state index is 14.1. The third-order valence-electron chi connectivity index (χ3n) is 7.73. The van der Waals surface area contributed by atoms with Crippen LogP contribution in [0.4, 0.5) is 5.95 Å². The monoisotopic (exact) mass is 568 g/mol. The second kappa shape index (κ2) is 10.3. The van der Waals surface area contributed by atoms with Gasteiger partial charge >= 0.3 is 0 Å². The van der Waals surface area contributed by atoms with Crippen LogP contribution in [0.25, 0.3) is 11.3 Å². The number of benzene rings is 3. The summed E-state index contributed by atoms with van der Waals surface area (Å²) in [4.78, 5) is 25.0. The number of hydrogen-bond donors (Lipinski definition) is 1. The molecule has 1 amide bonds. The van der Waals surface area contributed by atoms with Gasteiger partial charge in [-0.15, -0.1) is 0 Å². The molecule has 41 heavy (non-hydrogen) atoms. The first kappa shape index (κ1) is 27.0. The van der Waals surface area contributed by atoms with E-state index in [4.69, 9.17) is 4.74 Å². The highest BCUT2D eigenvalue weighted by atomic mass is 32.2. The van der Waals surface area contributed by atoms with Crippen LogP contribution in [-0.2, 0) is 16.6 Å². The standard InChI is InChI=1S/C32H32N4O4S/c1-19(2)15-27-30-25-14-6-5-11-23(25)18-36(27)31(37)22-12-8-13-24(16-22)41(38,39)35-32-33-26(17-28(34-32)40-30)29-20(3)9-7-10-21(29)4/h5-14,16-17,19,27,30H,15,18H2,1-4H3,(H,33,34,35)/t27-,30?/m1/s1. The molecule has 6 rings (SSSR count). The van der Waals surface area contributed by atoms with Gasteiger partial charge in [-0.2, -0.15) is 4.98 Å². The van der Waals surface area contributed by atoms with Crippen molar-refractivity contribution in [2.75, 3.05) is 4.72 Å². The number of carbonyl (C=O) groups is 1. The molecule has 210 valence electrons. The number of sulfonamides is 1. The van der Waals surface area contributed by atoms with Crippen LogP contribution in [-0.4, -0.2) is 35.2 Å². The van der Waals surface area contributed by atoms with Gasteiger partial charge in [-0.3, -0.25) is 4.79 Å². The summed E-state index contributed by atoms with van der Waals surface area (Å²) in [6.07, 6.45) is 0.156. The summed E-state index contributed by atoms with van der Waals surface area (Å²) in [6, 6.07) is 21.5. The minimum absolute atomic E-state index is 0.0412. The van der Waals surface area contributed by atoms with E-state index in [2.05, 4.69) is 28.5 Å². The van der Waals surface area contributed by atoms with E-state index < -0.39 is 16.1 Å². The third-order valence-corrected chi connectivity index (χ3v) is 9.06. The van der Waals surface area contributed by atoms with Crippen LogP contribution in [0.2, 0.25) is 0 Å². The van der Waals surface area contributed by atoms with Gasteiger partial charge in [0.05, 0.1) is 16.6 Å². The van der Waals surface area contributed by atoms with Crippen LogP contribution in [0.3, 0.4) is 0 Å². The number of carbonyl (C=O) groups excluding carboxylic acids is 1. The van der Waals surface area contributed by atoms with Crippen molar-refractivity contribution in [3.8, 4) is 17.1 Å². The quantitative estimate of drug-likeness (QED) is 0.322. The fourth-order valence-electron chi connectivity index (χ4n) is 5.87. The molecule has 2 aliphatic heterocycles. The molecule has 0 saturated heterocycles. The molecule has 8 nitrogen and oxygen atoms in total. The molecule has 0 spiro atoms. The summed E-state index contributed by atoms with van der Waals surface area (Å²) < 4.78 is 36.3. The Kier molecular flexibility index (Phi) is 6.77. The number of rotatable bonds is 3. The minimum Gasteiger partial charge on any atom is -0.467 e. The zero-order valence-corrected chi connectivity index (χ0v) is 24.3. The molecule has 3 aromatic carbocycles. The molecule has 2 atom stereocenters. The van der Waals surface area contributed by atoms with Crippen LogP contribution >= 0.6 is 0 Å². The SMILES string of the molecule is Cc1cccc(C)c1-c1cc2nc(n1)NS(=O)(=O)c1cccc(c1)C(=O)N1Cc3ccccc3C(O2)[C@H]1CC(C)C. The fraction of sp³-hybridized carbons (Fsp3) is 0.281. The third kappa shape index (κ3) is 5.06. The maximum atomic E-state index is 14.1. The van der Waals surface area contributed by atoms with Crippen LogP contribution in [0.15, 0.2) is 77.7 Å². The van der Waals surface area contributed by atoms with Gasteiger partial charge in [-0.25, -0.2) is 18.1 Å². The number of aryl methyl sites for hydroxylation is 2. The van der Waals surface area contributed by atoms with Crippen LogP contribution in [0.5, 0.6) is 5.88 Å². The highest BCUT2D eigenvalue weighted by Crippen LogP contribution is 2.40. The van der Waals surface area contributed by atoms with Crippen molar-refractivity contribution in [2.24, 2.45) is 5.92 Å². The Morgan fingerprint density at radius 2 is 1.71 bits per heavy atom. The first-order chi connectivity index (χ1) is 19.6. The van der Waals surface area contributed by atoms with E-state index in [0.717, 1.165) is 27.8 Å². The topological polar surface area (TPSA) is 101 Å². The van der Waals surface area contributed by atoms with E-state index in [-0.39, 0.29) is 34.6 Å². The maximum Gasteiger partial charge on any atom is 0.264 e. The van der Waals surface area contributed by atoms with Gasteiger partial charge in [0.1, 0.15) is 6.10 Å². The Labute approximate surface area is 240 Å². The minimum atomic E-state index is -4.11. The molecule has 2 aliphatic rings. The van der Waals surface area contributed by atoms with Gasteiger partial charge in [-0.05, 0) is 66.6 Å². The van der Waals surface area contributed by atoms with Crippen molar-refractivity contribution >= 4 is 21.9 Å². The second-order valence-corrected chi connectivity index (χ2v) is 12.9. The smallest absolute Gasteiger partial charge is 0.264 e. The van der Waals surface area contributed by atoms with Crippen molar-refractivity contribution in [1.29, 1.82) is 0 Å². The molecule has 1 unspecified atom stereocenters. The average molecular weight is 569 g/mol. The Morgan fingerprint density at radius 1 is 0.976 bits per heavy atom. The molecule has 9 heteroatoms. The molecule has 6 bridgehead atoms. The lowest BCUT2D eigenvalue weighted by molar-refractivity contribution is 0.0241. The highest BCUT2D eigenvalue weighted by molar-refractivity contribution is 7.92. The number of nitrogens with zero attached hydrogens (tertiary/aromatic N) is 3. The second-order valence-electron chi connectivity index (χ2n) is 11.2. The number of hydrogen-bond acceptors (Lipinski definition) is 6. The lowest BCUT2D eigenvalue weighted by Crippen LogP contribution is -2.49. The summed E-state index contributed by atoms with van der Waals surface area (Å²) in [6.45, 7) is 8.61. The van der Waals surface area contributed by atoms with Gasteiger partial charge < -0.3 is 9.64 Å². The molecule has 3 heterocycles. The predicted molar refractivity (Wildman–Crippen MR) is 157 cm³/mol. The molecular weight excluding hydrogens is 536 g/mol. The Balaban J connectivity index is 1.62. The lowest BCUT2D eigenvalue weighted by Gasteiger charge is -2.43. The number of ether oxygens (including phenoxy) is 1.